The molecule has 2 aliphatic rings. The largest absolute Gasteiger partial charge is 0.316 e. The Balaban J connectivity index is 2.15. The van der Waals surface area contributed by atoms with Crippen molar-refractivity contribution in [1.29, 1.82) is 0 Å². The molecule has 110 valence electrons. The number of hydrogen-bond donors (Lipinski definition) is 2. The van der Waals surface area contributed by atoms with Gasteiger partial charge in [-0.1, -0.05) is 25.1 Å². The van der Waals surface area contributed by atoms with Gasteiger partial charge in [-0.05, 0) is 31.7 Å². The predicted molar refractivity (Wildman–Crippen MR) is 80.7 cm³/mol. The zero-order valence-electron chi connectivity index (χ0n) is 12.2. The van der Waals surface area contributed by atoms with Gasteiger partial charge in [0.25, 0.3) is 0 Å². The van der Waals surface area contributed by atoms with Crippen LogP contribution >= 0.6 is 0 Å². The van der Waals surface area contributed by atoms with E-state index in [1.54, 1.807) is 0 Å². The summed E-state index contributed by atoms with van der Waals surface area (Å²) in [5.41, 5.74) is 5.84. The van der Waals surface area contributed by atoms with Gasteiger partial charge in [0, 0.05) is 28.5 Å². The molecule has 0 spiro atoms. The van der Waals surface area contributed by atoms with E-state index in [2.05, 4.69) is 18.5 Å². The van der Waals surface area contributed by atoms with E-state index in [1.165, 1.54) is 0 Å². The van der Waals surface area contributed by atoms with Crippen molar-refractivity contribution in [2.45, 2.75) is 50.5 Å². The normalized spacial score (nSPS) is 27.9. The third-order valence-corrected chi connectivity index (χ3v) is 5.58. The first-order valence-corrected chi connectivity index (χ1v) is 7.78. The highest BCUT2D eigenvalue weighted by Crippen LogP contribution is 2.52. The minimum absolute atomic E-state index is 0.0725. The lowest BCUT2D eigenvalue weighted by atomic mass is 9.66. The van der Waals surface area contributed by atoms with Gasteiger partial charge in [0.2, 0.25) is 5.91 Å². The molecule has 0 radical (unpaired) electrons. The van der Waals surface area contributed by atoms with E-state index in [0.717, 1.165) is 47.8 Å². The molecule has 0 saturated heterocycles. The highest BCUT2D eigenvalue weighted by molar-refractivity contribution is 5.98. The van der Waals surface area contributed by atoms with Gasteiger partial charge >= 0.3 is 0 Å². The molecule has 1 aliphatic carbocycles. The summed E-state index contributed by atoms with van der Waals surface area (Å²) in [4.78, 5) is 12.5. The van der Waals surface area contributed by atoms with E-state index in [-0.39, 0.29) is 17.4 Å². The highest BCUT2D eigenvalue weighted by atomic mass is 16.5. The minimum Gasteiger partial charge on any atom is -0.316 e. The molecule has 0 fully saturated rings. The zero-order chi connectivity index (χ0) is 14.6. The second-order valence-corrected chi connectivity index (χ2v) is 6.36. The summed E-state index contributed by atoms with van der Waals surface area (Å²) in [6.45, 7) is 2.22. The monoisotopic (exact) mass is 284 g/mol. The lowest BCUT2D eigenvalue weighted by molar-refractivity contribution is 0.0796. The van der Waals surface area contributed by atoms with Crippen molar-refractivity contribution < 1.29 is 10.0 Å². The molecule has 0 unspecified atom stereocenters. The minimum atomic E-state index is -0.0725. The molecule has 21 heavy (non-hydrogen) atoms. The summed E-state index contributed by atoms with van der Waals surface area (Å²) in [6.07, 6.45) is 4.54. The van der Waals surface area contributed by atoms with Gasteiger partial charge in [-0.15, -0.1) is 0 Å². The van der Waals surface area contributed by atoms with E-state index in [4.69, 9.17) is 0 Å². The van der Waals surface area contributed by atoms with Crippen LogP contribution in [0.15, 0.2) is 24.3 Å². The number of fused-ring (bicyclic) bond motifs is 3. The SMILES string of the molecule is CC[C@@]12CCC(=O)n3c1c(c1ccccc13)[C@@H](NO)CC2. The molecule has 1 aromatic heterocycles. The molecule has 4 heteroatoms. The third-order valence-electron chi connectivity index (χ3n) is 5.58. The van der Waals surface area contributed by atoms with Gasteiger partial charge in [-0.3, -0.25) is 9.36 Å². The molecule has 2 N–H and O–H groups in total. The van der Waals surface area contributed by atoms with Gasteiger partial charge in [-0.25, -0.2) is 0 Å². The van der Waals surface area contributed by atoms with Crippen molar-refractivity contribution >= 4 is 16.8 Å². The van der Waals surface area contributed by atoms with Crippen LogP contribution in [-0.2, 0) is 5.41 Å². The topological polar surface area (TPSA) is 54.3 Å². The number of nitrogens with one attached hydrogen (secondary N) is 1. The van der Waals surface area contributed by atoms with Crippen LogP contribution in [0, 0.1) is 0 Å². The Morgan fingerprint density at radius 2 is 2.19 bits per heavy atom. The van der Waals surface area contributed by atoms with Crippen LogP contribution in [0.25, 0.3) is 10.9 Å². The maximum atomic E-state index is 12.5. The van der Waals surface area contributed by atoms with E-state index >= 15 is 0 Å². The molecule has 2 heterocycles. The molecule has 4 rings (SSSR count). The Morgan fingerprint density at radius 3 is 2.95 bits per heavy atom. The van der Waals surface area contributed by atoms with Crippen LogP contribution in [0.4, 0.5) is 0 Å². The number of benzene rings is 1. The van der Waals surface area contributed by atoms with E-state index in [1.807, 2.05) is 22.8 Å². The Bertz CT molecular complexity index is 734. The highest BCUT2D eigenvalue weighted by Gasteiger charge is 2.46. The number of rotatable bonds is 2. The van der Waals surface area contributed by atoms with Crippen molar-refractivity contribution in [2.24, 2.45) is 0 Å². The lowest BCUT2D eigenvalue weighted by Crippen LogP contribution is -2.41. The quantitative estimate of drug-likeness (QED) is 0.829. The van der Waals surface area contributed by atoms with Crippen molar-refractivity contribution in [2.75, 3.05) is 0 Å². The van der Waals surface area contributed by atoms with Gasteiger partial charge in [0.15, 0.2) is 0 Å². The Hall–Kier alpha value is -1.65. The Labute approximate surface area is 123 Å². The number of hydrogen-bond acceptors (Lipinski definition) is 3. The first kappa shape index (κ1) is 13.0. The molecule has 0 amide bonds. The fourth-order valence-electron chi connectivity index (χ4n) is 4.43. The summed E-state index contributed by atoms with van der Waals surface area (Å²) in [5.74, 6) is 0.190. The van der Waals surface area contributed by atoms with E-state index in [0.29, 0.717) is 6.42 Å². The van der Waals surface area contributed by atoms with Crippen molar-refractivity contribution in [3.05, 3.63) is 35.5 Å². The van der Waals surface area contributed by atoms with Gasteiger partial charge in [0.1, 0.15) is 0 Å². The zero-order valence-corrected chi connectivity index (χ0v) is 12.2. The summed E-state index contributed by atoms with van der Waals surface area (Å²) >= 11 is 0. The van der Waals surface area contributed by atoms with Crippen LogP contribution in [0.2, 0.25) is 0 Å². The van der Waals surface area contributed by atoms with Gasteiger partial charge < -0.3 is 5.21 Å². The summed E-state index contributed by atoms with van der Waals surface area (Å²) in [6, 6.07) is 8.00. The average Bonchev–Trinajstić information content (AvgIpc) is 2.89. The number of aromatic nitrogens is 1. The second kappa shape index (κ2) is 4.42. The number of hydroxylamine groups is 1. The van der Waals surface area contributed by atoms with Crippen LogP contribution in [-0.4, -0.2) is 15.7 Å². The third kappa shape index (κ3) is 1.54. The summed E-state index contributed by atoms with van der Waals surface area (Å²) in [5, 5.41) is 10.7. The molecule has 2 atom stereocenters. The maximum Gasteiger partial charge on any atom is 0.231 e. The summed E-state index contributed by atoms with van der Waals surface area (Å²) in [7, 11) is 0. The molecular weight excluding hydrogens is 264 g/mol. The van der Waals surface area contributed by atoms with Crippen molar-refractivity contribution in [1.82, 2.24) is 10.0 Å². The molecule has 2 aromatic rings. The smallest absolute Gasteiger partial charge is 0.231 e. The first-order chi connectivity index (χ1) is 10.2. The fraction of sp³-hybridized carbons (Fsp3) is 0.471. The van der Waals surface area contributed by atoms with Crippen molar-refractivity contribution in [3.8, 4) is 0 Å². The van der Waals surface area contributed by atoms with Crippen molar-refractivity contribution in [3.63, 3.8) is 0 Å². The van der Waals surface area contributed by atoms with Gasteiger partial charge in [-0.2, -0.15) is 5.48 Å². The summed E-state index contributed by atoms with van der Waals surface area (Å²) < 4.78 is 1.93. The fourth-order valence-corrected chi connectivity index (χ4v) is 4.43. The number of nitrogens with zero attached hydrogens (tertiary/aromatic N) is 1. The maximum absolute atomic E-state index is 12.5. The molecule has 1 aromatic carbocycles. The number of para-hydroxylation sites is 1. The Morgan fingerprint density at radius 1 is 1.38 bits per heavy atom. The lowest BCUT2D eigenvalue weighted by Gasteiger charge is -2.43. The number of carbonyl (C=O) groups excluding carboxylic acids is 1. The van der Waals surface area contributed by atoms with E-state index in [9.17, 15) is 10.0 Å². The second-order valence-electron chi connectivity index (χ2n) is 6.36. The first-order valence-electron chi connectivity index (χ1n) is 7.78. The predicted octanol–water partition coefficient (Wildman–Crippen LogP) is 3.54. The molecule has 1 aliphatic heterocycles. The standard InChI is InChI=1S/C17H20N2O2/c1-2-17-9-7-12(18-21)15-11-5-3-4-6-13(11)19(16(15)17)14(20)8-10-17/h3-6,12,18,21H,2,7-10H2,1H3/t12-,17+/m0/s1. The number of carbonyl (C=O) groups is 1. The van der Waals surface area contributed by atoms with E-state index < -0.39 is 0 Å². The molecular formula is C17H20N2O2. The molecule has 0 bridgehead atoms. The van der Waals surface area contributed by atoms with Crippen LogP contribution < -0.4 is 5.48 Å². The molecule has 0 saturated carbocycles. The average molecular weight is 284 g/mol. The Kier molecular flexibility index (Phi) is 2.75. The van der Waals surface area contributed by atoms with Crippen LogP contribution in [0.1, 0.15) is 61.1 Å². The molecule has 4 nitrogen and oxygen atoms in total. The van der Waals surface area contributed by atoms with Gasteiger partial charge in [0.05, 0.1) is 11.6 Å². The van der Waals surface area contributed by atoms with Crippen LogP contribution in [0.3, 0.4) is 0 Å². The van der Waals surface area contributed by atoms with Crippen LogP contribution in [0.5, 0.6) is 0 Å².